The second kappa shape index (κ2) is 10.3. The van der Waals surface area contributed by atoms with Gasteiger partial charge in [0, 0.05) is 17.8 Å². The average Bonchev–Trinajstić information content (AvgIpc) is 2.68. The molecule has 0 fully saturated rings. The lowest BCUT2D eigenvalue weighted by atomic mass is 10.2. The number of benzene rings is 2. The van der Waals surface area contributed by atoms with E-state index in [4.69, 9.17) is 35.8 Å². The van der Waals surface area contributed by atoms with Crippen LogP contribution in [0.2, 0.25) is 5.02 Å². The summed E-state index contributed by atoms with van der Waals surface area (Å²) in [6.45, 7) is 4.43. The number of nitriles is 1. The lowest BCUT2D eigenvalue weighted by molar-refractivity contribution is -0.118. The molecule has 2 rings (SSSR count). The molecule has 0 saturated heterocycles. The smallest absolute Gasteiger partial charge is 0.262 e. The molecule has 1 N–H and O–H groups in total. The van der Waals surface area contributed by atoms with Crippen LogP contribution in [0.4, 0.5) is 5.69 Å². The summed E-state index contributed by atoms with van der Waals surface area (Å²) in [5, 5.41) is 11.9. The number of hydrogen-bond donors (Lipinski definition) is 1. The molecule has 0 aliphatic heterocycles. The summed E-state index contributed by atoms with van der Waals surface area (Å²) in [6.07, 6.45) is 0. The summed E-state index contributed by atoms with van der Waals surface area (Å²) in [5.41, 5.74) is 0.870. The number of ether oxygens (including phenoxy) is 4. The van der Waals surface area contributed by atoms with Crippen molar-refractivity contribution in [1.82, 2.24) is 0 Å². The molecule has 0 bridgehead atoms. The van der Waals surface area contributed by atoms with Crippen LogP contribution in [0, 0.1) is 11.3 Å². The highest BCUT2D eigenvalue weighted by Gasteiger charge is 2.15. The van der Waals surface area contributed by atoms with Gasteiger partial charge in [-0.25, -0.2) is 0 Å². The quantitative estimate of drug-likeness (QED) is 0.678. The van der Waals surface area contributed by atoms with Crippen LogP contribution in [-0.4, -0.2) is 32.8 Å². The van der Waals surface area contributed by atoms with E-state index in [1.54, 1.807) is 18.2 Å². The van der Waals surface area contributed by atoms with Crippen LogP contribution in [0.15, 0.2) is 30.3 Å². The van der Waals surface area contributed by atoms with Crippen LogP contribution >= 0.6 is 11.6 Å². The minimum Gasteiger partial charge on any atom is -0.493 e. The maximum Gasteiger partial charge on any atom is 0.262 e. The van der Waals surface area contributed by atoms with E-state index >= 15 is 0 Å². The molecule has 2 aromatic carbocycles. The van der Waals surface area contributed by atoms with E-state index < -0.39 is 5.91 Å². The summed E-state index contributed by atoms with van der Waals surface area (Å²) in [4.78, 5) is 12.3. The van der Waals surface area contributed by atoms with E-state index in [9.17, 15) is 4.79 Å². The SMILES string of the molecule is CCOc1ccc(NC(=O)COc2c(Cl)cc(C#N)cc2OC)cc1OCC. The van der Waals surface area contributed by atoms with Gasteiger partial charge in [0.1, 0.15) is 0 Å². The number of hydrogen-bond acceptors (Lipinski definition) is 6. The molecule has 0 aromatic heterocycles. The monoisotopic (exact) mass is 404 g/mol. The van der Waals surface area contributed by atoms with Gasteiger partial charge in [0.25, 0.3) is 5.91 Å². The van der Waals surface area contributed by atoms with Gasteiger partial charge in [-0.1, -0.05) is 11.6 Å². The van der Waals surface area contributed by atoms with Gasteiger partial charge in [-0.3, -0.25) is 4.79 Å². The Morgan fingerprint density at radius 2 is 1.79 bits per heavy atom. The second-order valence-corrected chi connectivity index (χ2v) is 5.87. The van der Waals surface area contributed by atoms with Crippen LogP contribution < -0.4 is 24.3 Å². The predicted octanol–water partition coefficient (Wildman–Crippen LogP) is 4.04. The summed E-state index contributed by atoms with van der Waals surface area (Å²) in [5.74, 6) is 1.22. The number of rotatable bonds is 9. The molecule has 0 saturated carbocycles. The maximum absolute atomic E-state index is 12.3. The third-order valence-electron chi connectivity index (χ3n) is 3.53. The first-order chi connectivity index (χ1) is 13.5. The number of halogens is 1. The minimum absolute atomic E-state index is 0.184. The Kier molecular flexibility index (Phi) is 7.78. The average molecular weight is 405 g/mol. The number of nitrogens with one attached hydrogen (secondary N) is 1. The Bertz CT molecular complexity index is 880. The molecule has 0 heterocycles. The van der Waals surface area contributed by atoms with E-state index in [-0.39, 0.29) is 23.1 Å². The molecular weight excluding hydrogens is 384 g/mol. The first-order valence-corrected chi connectivity index (χ1v) is 9.00. The zero-order valence-electron chi connectivity index (χ0n) is 15.9. The first kappa shape index (κ1) is 21.2. The van der Waals surface area contributed by atoms with Crippen molar-refractivity contribution in [2.45, 2.75) is 13.8 Å². The van der Waals surface area contributed by atoms with Crippen LogP contribution in [0.1, 0.15) is 19.4 Å². The zero-order chi connectivity index (χ0) is 20.5. The fourth-order valence-electron chi connectivity index (χ4n) is 2.39. The number of methoxy groups -OCH3 is 1. The van der Waals surface area contributed by atoms with Gasteiger partial charge in [-0.15, -0.1) is 0 Å². The van der Waals surface area contributed by atoms with Crippen molar-refractivity contribution >= 4 is 23.2 Å². The van der Waals surface area contributed by atoms with E-state index in [0.717, 1.165) is 0 Å². The fourth-order valence-corrected chi connectivity index (χ4v) is 2.65. The van der Waals surface area contributed by atoms with Gasteiger partial charge in [0.15, 0.2) is 29.6 Å². The van der Waals surface area contributed by atoms with Gasteiger partial charge in [0.05, 0.1) is 37.0 Å². The molecule has 28 heavy (non-hydrogen) atoms. The molecule has 0 aliphatic carbocycles. The van der Waals surface area contributed by atoms with Gasteiger partial charge in [0.2, 0.25) is 0 Å². The molecule has 0 atom stereocenters. The number of nitrogens with zero attached hydrogens (tertiary/aromatic N) is 1. The fraction of sp³-hybridized carbons (Fsp3) is 0.300. The van der Waals surface area contributed by atoms with Crippen LogP contribution in [0.3, 0.4) is 0 Å². The van der Waals surface area contributed by atoms with Crippen LogP contribution in [0.5, 0.6) is 23.0 Å². The minimum atomic E-state index is -0.394. The Morgan fingerprint density at radius 3 is 2.43 bits per heavy atom. The molecular formula is C20H21ClN2O5. The molecule has 0 spiro atoms. The number of anilines is 1. The van der Waals surface area contributed by atoms with Crippen molar-refractivity contribution in [3.05, 3.63) is 40.9 Å². The summed E-state index contributed by atoms with van der Waals surface area (Å²) in [7, 11) is 1.43. The molecule has 0 unspecified atom stereocenters. The van der Waals surface area contributed by atoms with Crippen molar-refractivity contribution in [1.29, 1.82) is 5.26 Å². The highest BCUT2D eigenvalue weighted by Crippen LogP contribution is 2.36. The normalized spacial score (nSPS) is 9.96. The molecule has 1 amide bonds. The van der Waals surface area contributed by atoms with Crippen molar-refractivity contribution in [2.75, 3.05) is 32.2 Å². The molecule has 0 aliphatic rings. The van der Waals surface area contributed by atoms with Gasteiger partial charge in [-0.2, -0.15) is 5.26 Å². The Morgan fingerprint density at radius 1 is 1.07 bits per heavy atom. The van der Waals surface area contributed by atoms with Crippen molar-refractivity contribution in [3.8, 4) is 29.1 Å². The molecule has 8 heteroatoms. The summed E-state index contributed by atoms with van der Waals surface area (Å²) >= 11 is 6.12. The van der Waals surface area contributed by atoms with Crippen LogP contribution in [-0.2, 0) is 4.79 Å². The largest absolute Gasteiger partial charge is 0.493 e. The summed E-state index contributed by atoms with van der Waals surface area (Å²) in [6, 6.07) is 10.0. The number of amides is 1. The molecule has 0 radical (unpaired) electrons. The number of carbonyl (C=O) groups is 1. The highest BCUT2D eigenvalue weighted by atomic mass is 35.5. The second-order valence-electron chi connectivity index (χ2n) is 5.47. The van der Waals surface area contributed by atoms with Crippen molar-refractivity contribution in [3.63, 3.8) is 0 Å². The molecule has 2 aromatic rings. The standard InChI is InChI=1S/C20H21ClN2O5/c1-4-26-16-7-6-14(10-17(16)27-5-2)23-19(24)12-28-20-15(21)8-13(11-22)9-18(20)25-3/h6-10H,4-5,12H2,1-3H3,(H,23,24). The highest BCUT2D eigenvalue weighted by molar-refractivity contribution is 6.32. The van der Waals surface area contributed by atoms with Gasteiger partial charge in [-0.05, 0) is 32.0 Å². The van der Waals surface area contributed by atoms with E-state index in [1.165, 1.54) is 19.2 Å². The first-order valence-electron chi connectivity index (χ1n) is 8.62. The van der Waals surface area contributed by atoms with Crippen LogP contribution in [0.25, 0.3) is 0 Å². The van der Waals surface area contributed by atoms with Crippen molar-refractivity contribution in [2.24, 2.45) is 0 Å². The number of carbonyl (C=O) groups excluding carboxylic acids is 1. The Balaban J connectivity index is 2.07. The summed E-state index contributed by atoms with van der Waals surface area (Å²) < 4.78 is 21.7. The lowest BCUT2D eigenvalue weighted by Crippen LogP contribution is -2.20. The van der Waals surface area contributed by atoms with Gasteiger partial charge >= 0.3 is 0 Å². The topological polar surface area (TPSA) is 89.8 Å². The van der Waals surface area contributed by atoms with E-state index in [2.05, 4.69) is 5.32 Å². The molecule has 7 nitrogen and oxygen atoms in total. The maximum atomic E-state index is 12.3. The predicted molar refractivity (Wildman–Crippen MR) is 106 cm³/mol. The van der Waals surface area contributed by atoms with Gasteiger partial charge < -0.3 is 24.3 Å². The third kappa shape index (κ3) is 5.44. The lowest BCUT2D eigenvalue weighted by Gasteiger charge is -2.14. The van der Waals surface area contributed by atoms with Crippen molar-refractivity contribution < 1.29 is 23.7 Å². The van der Waals surface area contributed by atoms with E-state index in [0.29, 0.717) is 36.0 Å². The van der Waals surface area contributed by atoms with E-state index in [1.807, 2.05) is 19.9 Å². The zero-order valence-corrected chi connectivity index (χ0v) is 16.6. The Labute approximate surface area is 168 Å². The Hall–Kier alpha value is -3.11. The molecule has 148 valence electrons. The third-order valence-corrected chi connectivity index (χ3v) is 3.81.